The van der Waals surface area contributed by atoms with Crippen LogP contribution in [0, 0.1) is 13.8 Å². The van der Waals surface area contributed by atoms with Crippen molar-refractivity contribution < 1.29 is 12.8 Å². The molecule has 1 heterocycles. The van der Waals surface area contributed by atoms with Gasteiger partial charge in [0.25, 0.3) is 0 Å². The molecule has 0 fully saturated rings. The summed E-state index contributed by atoms with van der Waals surface area (Å²) < 4.78 is 32.5. The topological polar surface area (TPSA) is 72.2 Å². The van der Waals surface area contributed by atoms with Crippen molar-refractivity contribution >= 4 is 10.0 Å². The predicted octanol–water partition coefficient (Wildman–Crippen LogP) is 3.07. The minimum atomic E-state index is -3.57. The molecule has 2 aromatic rings. The molecule has 5 nitrogen and oxygen atoms in total. The van der Waals surface area contributed by atoms with E-state index in [1.54, 1.807) is 26.0 Å². The summed E-state index contributed by atoms with van der Waals surface area (Å²) in [5, 5.41) is 0. The smallest absolute Gasteiger partial charge is 0.240 e. The highest BCUT2D eigenvalue weighted by atomic mass is 32.2. The number of sulfonamides is 1. The van der Waals surface area contributed by atoms with Gasteiger partial charge in [0.05, 0.1) is 17.1 Å². The molecule has 120 valence electrons. The second-order valence-electron chi connectivity index (χ2n) is 6.34. The van der Waals surface area contributed by atoms with Crippen LogP contribution in [0.3, 0.4) is 0 Å². The van der Waals surface area contributed by atoms with E-state index in [1.807, 2.05) is 12.1 Å². The highest BCUT2D eigenvalue weighted by Gasteiger charge is 2.18. The standard InChI is InChI=1S/C16H22N2O3S/c1-11-15(21-12(2)18-11)10-17-22(19,20)14-8-6-13(7-9-14)16(3,4)5/h6-9,17H,10H2,1-5H3. The van der Waals surface area contributed by atoms with Crippen molar-refractivity contribution in [2.24, 2.45) is 0 Å². The van der Waals surface area contributed by atoms with Gasteiger partial charge < -0.3 is 4.42 Å². The average molecular weight is 322 g/mol. The number of aromatic nitrogens is 1. The maximum absolute atomic E-state index is 12.3. The zero-order valence-corrected chi connectivity index (χ0v) is 14.4. The lowest BCUT2D eigenvalue weighted by molar-refractivity contribution is 0.466. The van der Waals surface area contributed by atoms with E-state index in [-0.39, 0.29) is 16.9 Å². The normalized spacial score (nSPS) is 12.6. The molecule has 0 spiro atoms. The number of hydrogen-bond donors (Lipinski definition) is 1. The Morgan fingerprint density at radius 2 is 1.73 bits per heavy atom. The van der Waals surface area contributed by atoms with Gasteiger partial charge in [-0.15, -0.1) is 0 Å². The number of nitrogens with zero attached hydrogens (tertiary/aromatic N) is 1. The number of benzene rings is 1. The van der Waals surface area contributed by atoms with Crippen molar-refractivity contribution in [1.29, 1.82) is 0 Å². The molecule has 0 aliphatic carbocycles. The first-order valence-electron chi connectivity index (χ1n) is 7.13. The van der Waals surface area contributed by atoms with Crippen LogP contribution in [-0.2, 0) is 22.0 Å². The van der Waals surface area contributed by atoms with Gasteiger partial charge in [-0.3, -0.25) is 0 Å². The molecule has 0 saturated carbocycles. The van der Waals surface area contributed by atoms with Crippen molar-refractivity contribution in [2.45, 2.75) is 51.5 Å². The van der Waals surface area contributed by atoms with Crippen LogP contribution >= 0.6 is 0 Å². The van der Waals surface area contributed by atoms with Gasteiger partial charge in [-0.25, -0.2) is 18.1 Å². The number of hydrogen-bond acceptors (Lipinski definition) is 4. The highest BCUT2D eigenvalue weighted by molar-refractivity contribution is 7.89. The summed E-state index contributed by atoms with van der Waals surface area (Å²) in [7, 11) is -3.57. The van der Waals surface area contributed by atoms with Crippen molar-refractivity contribution in [3.05, 3.63) is 47.2 Å². The molecule has 2 rings (SSSR count). The molecule has 0 saturated heterocycles. The Kier molecular flexibility index (Phi) is 4.44. The molecule has 1 N–H and O–H groups in total. The highest BCUT2D eigenvalue weighted by Crippen LogP contribution is 2.23. The van der Waals surface area contributed by atoms with Crippen LogP contribution in [0.1, 0.15) is 43.7 Å². The Hall–Kier alpha value is -1.66. The van der Waals surface area contributed by atoms with Gasteiger partial charge in [-0.05, 0) is 30.0 Å². The maximum atomic E-state index is 12.3. The third-order valence-corrected chi connectivity index (χ3v) is 4.87. The fourth-order valence-electron chi connectivity index (χ4n) is 2.12. The van der Waals surface area contributed by atoms with Crippen molar-refractivity contribution in [2.75, 3.05) is 0 Å². The first-order valence-corrected chi connectivity index (χ1v) is 8.61. The summed E-state index contributed by atoms with van der Waals surface area (Å²) in [6.45, 7) is 9.88. The van der Waals surface area contributed by atoms with E-state index >= 15 is 0 Å². The zero-order valence-electron chi connectivity index (χ0n) is 13.6. The quantitative estimate of drug-likeness (QED) is 0.939. The predicted molar refractivity (Wildman–Crippen MR) is 85.1 cm³/mol. The fourth-order valence-corrected chi connectivity index (χ4v) is 3.10. The van der Waals surface area contributed by atoms with Crippen LogP contribution in [0.5, 0.6) is 0 Å². The number of oxazole rings is 1. The lowest BCUT2D eigenvalue weighted by atomic mass is 9.87. The molecular weight excluding hydrogens is 300 g/mol. The molecule has 0 aliphatic rings. The summed E-state index contributed by atoms with van der Waals surface area (Å²) in [6, 6.07) is 6.94. The van der Waals surface area contributed by atoms with Gasteiger partial charge in [0, 0.05) is 6.92 Å². The van der Waals surface area contributed by atoms with Gasteiger partial charge in [0.1, 0.15) is 5.76 Å². The molecule has 0 aliphatic heterocycles. The third kappa shape index (κ3) is 3.75. The van der Waals surface area contributed by atoms with E-state index in [1.165, 1.54) is 0 Å². The lowest BCUT2D eigenvalue weighted by Crippen LogP contribution is -2.23. The Morgan fingerprint density at radius 3 is 2.18 bits per heavy atom. The lowest BCUT2D eigenvalue weighted by Gasteiger charge is -2.19. The van der Waals surface area contributed by atoms with Crippen molar-refractivity contribution in [3.8, 4) is 0 Å². The minimum absolute atomic E-state index is 0.00972. The summed E-state index contributed by atoms with van der Waals surface area (Å²) in [4.78, 5) is 4.37. The second kappa shape index (κ2) is 5.85. The van der Waals surface area contributed by atoms with E-state index in [0.717, 1.165) is 5.56 Å². The second-order valence-corrected chi connectivity index (χ2v) is 8.11. The van der Waals surface area contributed by atoms with Crippen LogP contribution < -0.4 is 4.72 Å². The Bertz CT molecular complexity index is 754. The molecule has 1 aromatic carbocycles. The van der Waals surface area contributed by atoms with E-state index in [2.05, 4.69) is 30.5 Å². The minimum Gasteiger partial charge on any atom is -0.444 e. The molecule has 0 bridgehead atoms. The number of rotatable bonds is 4. The van der Waals surface area contributed by atoms with Crippen LogP contribution in [0.2, 0.25) is 0 Å². The maximum Gasteiger partial charge on any atom is 0.240 e. The van der Waals surface area contributed by atoms with Gasteiger partial charge in [-0.1, -0.05) is 32.9 Å². The SMILES string of the molecule is Cc1nc(C)c(CNS(=O)(=O)c2ccc(C(C)(C)C)cc2)o1. The van der Waals surface area contributed by atoms with Gasteiger partial charge in [0.15, 0.2) is 5.89 Å². The first-order chi connectivity index (χ1) is 10.1. The largest absolute Gasteiger partial charge is 0.444 e. The Labute approximate surface area is 131 Å². The Balaban J connectivity index is 2.15. The molecular formula is C16H22N2O3S. The van der Waals surface area contributed by atoms with E-state index < -0.39 is 10.0 Å². The van der Waals surface area contributed by atoms with E-state index in [9.17, 15) is 8.42 Å². The first kappa shape index (κ1) is 16.7. The molecule has 0 unspecified atom stereocenters. The fraction of sp³-hybridized carbons (Fsp3) is 0.438. The molecule has 6 heteroatoms. The van der Waals surface area contributed by atoms with Crippen LogP contribution in [0.15, 0.2) is 33.6 Å². The zero-order chi connectivity index (χ0) is 16.5. The summed E-state index contributed by atoms with van der Waals surface area (Å²) in [5.41, 5.74) is 1.78. The van der Waals surface area contributed by atoms with Gasteiger partial charge >= 0.3 is 0 Å². The molecule has 0 amide bonds. The van der Waals surface area contributed by atoms with Crippen molar-refractivity contribution in [1.82, 2.24) is 9.71 Å². The third-order valence-electron chi connectivity index (χ3n) is 3.45. The van der Waals surface area contributed by atoms with E-state index in [4.69, 9.17) is 4.42 Å². The van der Waals surface area contributed by atoms with Gasteiger partial charge in [-0.2, -0.15) is 0 Å². The monoisotopic (exact) mass is 322 g/mol. The van der Waals surface area contributed by atoms with Crippen molar-refractivity contribution in [3.63, 3.8) is 0 Å². The average Bonchev–Trinajstić information content (AvgIpc) is 2.74. The van der Waals surface area contributed by atoms with Gasteiger partial charge in [0.2, 0.25) is 10.0 Å². The molecule has 1 aromatic heterocycles. The molecule has 0 radical (unpaired) electrons. The number of nitrogens with one attached hydrogen (secondary N) is 1. The summed E-state index contributed by atoms with van der Waals surface area (Å²) >= 11 is 0. The number of aryl methyl sites for hydroxylation is 2. The summed E-state index contributed by atoms with van der Waals surface area (Å²) in [5.74, 6) is 1.06. The van der Waals surface area contributed by atoms with Crippen LogP contribution in [0.4, 0.5) is 0 Å². The molecule has 0 atom stereocenters. The summed E-state index contributed by atoms with van der Waals surface area (Å²) in [6.07, 6.45) is 0. The molecule has 22 heavy (non-hydrogen) atoms. The van der Waals surface area contributed by atoms with E-state index in [0.29, 0.717) is 17.3 Å². The van der Waals surface area contributed by atoms with Crippen LogP contribution in [0.25, 0.3) is 0 Å². The van der Waals surface area contributed by atoms with Crippen LogP contribution in [-0.4, -0.2) is 13.4 Å². The Morgan fingerprint density at radius 1 is 1.14 bits per heavy atom.